The fraction of sp³-hybridized carbons (Fsp3) is 0.417. The molecule has 2 rings (SSSR count). The first kappa shape index (κ1) is 14.4. The van der Waals surface area contributed by atoms with Gasteiger partial charge in [0.05, 0.1) is 5.54 Å². The van der Waals surface area contributed by atoms with Gasteiger partial charge in [0.25, 0.3) is 0 Å². The van der Waals surface area contributed by atoms with E-state index in [9.17, 15) is 4.79 Å². The highest BCUT2D eigenvalue weighted by Gasteiger charge is 2.40. The van der Waals surface area contributed by atoms with Gasteiger partial charge in [-0.05, 0) is 43.7 Å². The highest BCUT2D eigenvalue weighted by atomic mass is 35.5. The SMILES string of the molecule is CSc1cccc(NC(=O)C2(N)CCC2)c1.Cl. The molecule has 0 spiro atoms. The highest BCUT2D eigenvalue weighted by molar-refractivity contribution is 7.98. The molecule has 0 radical (unpaired) electrons. The van der Waals surface area contributed by atoms with Crippen molar-refractivity contribution in [1.82, 2.24) is 0 Å². The van der Waals surface area contributed by atoms with Gasteiger partial charge in [0, 0.05) is 10.6 Å². The van der Waals surface area contributed by atoms with Gasteiger partial charge < -0.3 is 11.1 Å². The van der Waals surface area contributed by atoms with E-state index in [0.717, 1.165) is 29.8 Å². The number of carbonyl (C=O) groups excluding carboxylic acids is 1. The molecule has 3 nitrogen and oxygen atoms in total. The highest BCUT2D eigenvalue weighted by Crippen LogP contribution is 2.30. The van der Waals surface area contributed by atoms with Gasteiger partial charge in [0.1, 0.15) is 0 Å². The number of hydrogen-bond acceptors (Lipinski definition) is 3. The topological polar surface area (TPSA) is 55.1 Å². The second-order valence-electron chi connectivity index (χ2n) is 4.20. The van der Waals surface area contributed by atoms with Crippen LogP contribution in [0.3, 0.4) is 0 Å². The van der Waals surface area contributed by atoms with Gasteiger partial charge >= 0.3 is 0 Å². The van der Waals surface area contributed by atoms with Gasteiger partial charge in [-0.25, -0.2) is 0 Å². The molecule has 1 fully saturated rings. The third-order valence-electron chi connectivity index (χ3n) is 3.03. The number of halogens is 1. The summed E-state index contributed by atoms with van der Waals surface area (Å²) in [5.74, 6) is -0.0583. The summed E-state index contributed by atoms with van der Waals surface area (Å²) in [6.07, 6.45) is 4.65. The summed E-state index contributed by atoms with van der Waals surface area (Å²) in [7, 11) is 0. The Morgan fingerprint density at radius 1 is 1.47 bits per heavy atom. The third-order valence-corrected chi connectivity index (χ3v) is 3.75. The van der Waals surface area contributed by atoms with Crippen LogP contribution in [-0.2, 0) is 4.79 Å². The van der Waals surface area contributed by atoms with Gasteiger partial charge in [-0.2, -0.15) is 0 Å². The lowest BCUT2D eigenvalue weighted by Crippen LogP contribution is -2.56. The van der Waals surface area contributed by atoms with E-state index in [1.54, 1.807) is 11.8 Å². The van der Waals surface area contributed by atoms with E-state index in [1.807, 2.05) is 30.5 Å². The summed E-state index contributed by atoms with van der Waals surface area (Å²) in [6, 6.07) is 7.80. The van der Waals surface area contributed by atoms with Gasteiger partial charge in [0.15, 0.2) is 0 Å². The first-order chi connectivity index (χ1) is 7.64. The molecule has 1 saturated carbocycles. The molecule has 1 aromatic rings. The van der Waals surface area contributed by atoms with Crippen LogP contribution in [0.15, 0.2) is 29.2 Å². The van der Waals surface area contributed by atoms with Crippen LogP contribution in [0.25, 0.3) is 0 Å². The van der Waals surface area contributed by atoms with Crippen molar-refractivity contribution in [2.45, 2.75) is 29.7 Å². The number of amides is 1. The summed E-state index contributed by atoms with van der Waals surface area (Å²) in [6.45, 7) is 0. The molecule has 1 amide bonds. The van der Waals surface area contributed by atoms with Crippen LogP contribution in [0, 0.1) is 0 Å². The number of nitrogens with two attached hydrogens (primary N) is 1. The maximum atomic E-state index is 11.9. The fourth-order valence-electron chi connectivity index (χ4n) is 1.74. The van der Waals surface area contributed by atoms with Crippen molar-refractivity contribution >= 4 is 35.8 Å². The van der Waals surface area contributed by atoms with Crippen LogP contribution >= 0.6 is 24.2 Å². The summed E-state index contributed by atoms with van der Waals surface area (Å²) >= 11 is 1.65. The zero-order chi connectivity index (χ0) is 11.6. The lowest BCUT2D eigenvalue weighted by Gasteiger charge is -2.36. The first-order valence-electron chi connectivity index (χ1n) is 5.38. The number of nitrogens with one attached hydrogen (secondary N) is 1. The Bertz CT molecular complexity index is 407. The predicted octanol–water partition coefficient (Wildman–Crippen LogP) is 2.65. The monoisotopic (exact) mass is 272 g/mol. The molecule has 0 atom stereocenters. The van der Waals surface area contributed by atoms with E-state index in [2.05, 4.69) is 5.32 Å². The van der Waals surface area contributed by atoms with Crippen LogP contribution < -0.4 is 11.1 Å². The average molecular weight is 273 g/mol. The van der Waals surface area contributed by atoms with Crippen LogP contribution in [0.5, 0.6) is 0 Å². The number of anilines is 1. The quantitative estimate of drug-likeness (QED) is 0.832. The fourth-order valence-corrected chi connectivity index (χ4v) is 2.20. The Morgan fingerprint density at radius 2 is 2.18 bits per heavy atom. The molecule has 0 saturated heterocycles. The number of rotatable bonds is 3. The second kappa shape index (κ2) is 5.76. The van der Waals surface area contributed by atoms with Crippen molar-refractivity contribution in [3.8, 4) is 0 Å². The molecule has 3 N–H and O–H groups in total. The number of carbonyl (C=O) groups is 1. The van der Waals surface area contributed by atoms with Gasteiger partial charge in [-0.15, -0.1) is 24.2 Å². The maximum Gasteiger partial charge on any atom is 0.244 e. The molecule has 94 valence electrons. The average Bonchev–Trinajstić information content (AvgIpc) is 2.26. The zero-order valence-corrected chi connectivity index (χ0v) is 11.4. The molecular weight excluding hydrogens is 256 g/mol. The van der Waals surface area contributed by atoms with E-state index in [1.165, 1.54) is 0 Å². The van der Waals surface area contributed by atoms with Crippen molar-refractivity contribution in [2.24, 2.45) is 5.73 Å². The van der Waals surface area contributed by atoms with Crippen LogP contribution in [-0.4, -0.2) is 17.7 Å². The maximum absolute atomic E-state index is 11.9. The van der Waals surface area contributed by atoms with E-state index in [0.29, 0.717) is 0 Å². The summed E-state index contributed by atoms with van der Waals surface area (Å²) in [5.41, 5.74) is 6.15. The molecule has 0 bridgehead atoms. The largest absolute Gasteiger partial charge is 0.324 e. The number of thioether (sulfide) groups is 1. The molecule has 0 unspecified atom stereocenters. The summed E-state index contributed by atoms with van der Waals surface area (Å²) < 4.78 is 0. The molecule has 0 heterocycles. The first-order valence-corrected chi connectivity index (χ1v) is 6.61. The normalized spacial score (nSPS) is 16.6. The number of benzene rings is 1. The van der Waals surface area contributed by atoms with Gasteiger partial charge in [-0.1, -0.05) is 6.07 Å². The van der Waals surface area contributed by atoms with Crippen molar-refractivity contribution in [3.63, 3.8) is 0 Å². The van der Waals surface area contributed by atoms with Crippen LogP contribution in [0.1, 0.15) is 19.3 Å². The summed E-state index contributed by atoms with van der Waals surface area (Å²) in [5, 5.41) is 2.88. The van der Waals surface area contributed by atoms with Crippen LogP contribution in [0.4, 0.5) is 5.69 Å². The minimum atomic E-state index is -0.630. The zero-order valence-electron chi connectivity index (χ0n) is 9.73. The van der Waals surface area contributed by atoms with E-state index >= 15 is 0 Å². The minimum Gasteiger partial charge on any atom is -0.324 e. The minimum absolute atomic E-state index is 0. The second-order valence-corrected chi connectivity index (χ2v) is 5.08. The molecule has 1 aromatic carbocycles. The molecule has 1 aliphatic rings. The summed E-state index contributed by atoms with van der Waals surface area (Å²) in [4.78, 5) is 13.0. The molecule has 5 heteroatoms. The van der Waals surface area contributed by atoms with Crippen molar-refractivity contribution < 1.29 is 4.79 Å². The van der Waals surface area contributed by atoms with Gasteiger partial charge in [0.2, 0.25) is 5.91 Å². The Labute approximate surface area is 112 Å². The Hall–Kier alpha value is -0.710. The van der Waals surface area contributed by atoms with Gasteiger partial charge in [-0.3, -0.25) is 4.79 Å². The molecular formula is C12H17ClN2OS. The van der Waals surface area contributed by atoms with Crippen molar-refractivity contribution in [1.29, 1.82) is 0 Å². The Kier molecular flexibility index (Phi) is 4.86. The molecule has 1 aliphatic carbocycles. The van der Waals surface area contributed by atoms with E-state index < -0.39 is 5.54 Å². The Balaban J connectivity index is 0.00000144. The lowest BCUT2D eigenvalue weighted by molar-refractivity contribution is -0.123. The molecule has 17 heavy (non-hydrogen) atoms. The number of hydrogen-bond donors (Lipinski definition) is 2. The molecule has 0 aromatic heterocycles. The lowest BCUT2D eigenvalue weighted by atomic mass is 9.77. The van der Waals surface area contributed by atoms with E-state index in [-0.39, 0.29) is 18.3 Å². The van der Waals surface area contributed by atoms with E-state index in [4.69, 9.17) is 5.73 Å². The molecule has 0 aliphatic heterocycles. The predicted molar refractivity (Wildman–Crippen MR) is 74.9 cm³/mol. The third kappa shape index (κ3) is 3.15. The Morgan fingerprint density at radius 3 is 2.71 bits per heavy atom. The van der Waals surface area contributed by atoms with Crippen LogP contribution in [0.2, 0.25) is 0 Å². The van der Waals surface area contributed by atoms with Crippen molar-refractivity contribution in [2.75, 3.05) is 11.6 Å². The smallest absolute Gasteiger partial charge is 0.244 e. The standard InChI is InChI=1S/C12H16N2OS.ClH/c1-16-10-5-2-4-9(8-10)14-11(15)12(13)6-3-7-12;/h2,4-5,8H,3,6-7,13H2,1H3,(H,14,15);1H. The van der Waals surface area contributed by atoms with Crippen molar-refractivity contribution in [3.05, 3.63) is 24.3 Å².